The molecule has 0 saturated carbocycles. The number of rotatable bonds is 1. The Balaban J connectivity index is 2.53. The average Bonchev–Trinajstić information content (AvgIpc) is 2.17. The Bertz CT molecular complexity index is 122. The second-order valence-electron chi connectivity index (χ2n) is 2.47. The summed E-state index contributed by atoms with van der Waals surface area (Å²) in [6.45, 7) is 1.25. The van der Waals surface area contributed by atoms with Crippen LogP contribution in [0.15, 0.2) is 0 Å². The molecule has 4 heteroatoms. The van der Waals surface area contributed by atoms with Gasteiger partial charge in [-0.2, -0.15) is 0 Å². The van der Waals surface area contributed by atoms with E-state index in [1.165, 1.54) is 0 Å². The van der Waals surface area contributed by atoms with Crippen molar-refractivity contribution < 1.29 is 14.2 Å². The van der Waals surface area contributed by atoms with Crippen molar-refractivity contribution in [3.8, 4) is 0 Å². The molecule has 0 aliphatic carbocycles. The van der Waals surface area contributed by atoms with Crippen molar-refractivity contribution in [2.45, 2.75) is 29.2 Å². The fraction of sp³-hybridized carbons (Fsp3) is 1.00. The fourth-order valence-corrected chi connectivity index (χ4v) is 1.67. The molecule has 1 unspecified atom stereocenters. The summed E-state index contributed by atoms with van der Waals surface area (Å²) in [7, 11) is 0. The summed E-state index contributed by atoms with van der Waals surface area (Å²) in [5.41, 5.74) is 0. The Labute approximate surface area is 72.9 Å². The van der Waals surface area contributed by atoms with Crippen LogP contribution in [0.25, 0.3) is 0 Å². The summed E-state index contributed by atoms with van der Waals surface area (Å²) in [5, 5.41) is 9.26. The summed E-state index contributed by atoms with van der Waals surface area (Å²) in [6.07, 6.45) is -1.27. The Morgan fingerprint density at radius 1 is 1.70 bits per heavy atom. The molecule has 0 radical (unpaired) electrons. The van der Waals surface area contributed by atoms with Gasteiger partial charge in [0.25, 0.3) is 0 Å². The van der Waals surface area contributed by atoms with Gasteiger partial charge in [0.05, 0.1) is 16.1 Å². The molecule has 60 valence electrons. The highest BCUT2D eigenvalue weighted by atomic mass is 127. The van der Waals surface area contributed by atoms with Crippen LogP contribution < -0.4 is 0 Å². The number of aliphatic hydroxyl groups is 1. The van der Waals surface area contributed by atoms with Gasteiger partial charge in [0.1, 0.15) is 12.8 Å². The molecular weight excluding hydrogens is 250 g/mol. The summed E-state index contributed by atoms with van der Waals surface area (Å²) < 4.78 is 17.1. The molecule has 10 heavy (non-hydrogen) atoms. The molecule has 0 aromatic rings. The van der Waals surface area contributed by atoms with Crippen LogP contribution in [0, 0.1) is 0 Å². The Morgan fingerprint density at radius 2 is 2.30 bits per heavy atom. The highest BCUT2D eigenvalue weighted by Crippen LogP contribution is 2.27. The van der Waals surface area contributed by atoms with E-state index >= 15 is 0 Å². The first kappa shape index (κ1) is 8.67. The average molecular weight is 260 g/mol. The zero-order valence-corrected chi connectivity index (χ0v) is 7.79. The molecule has 1 saturated heterocycles. The van der Waals surface area contributed by atoms with Crippen molar-refractivity contribution in [1.29, 1.82) is 0 Å². The number of ether oxygens (including phenoxy) is 1. The van der Waals surface area contributed by atoms with Crippen LogP contribution in [0.2, 0.25) is 0 Å². The third-order valence-electron chi connectivity index (χ3n) is 1.70. The third-order valence-corrected chi connectivity index (χ3v) is 3.45. The van der Waals surface area contributed by atoms with E-state index in [2.05, 4.69) is 22.6 Å². The summed E-state index contributed by atoms with van der Waals surface area (Å²) in [6, 6.07) is 0. The van der Waals surface area contributed by atoms with Crippen molar-refractivity contribution in [1.82, 2.24) is 0 Å². The second-order valence-corrected chi connectivity index (χ2v) is 3.91. The number of hydrogen-bond donors (Lipinski definition) is 1. The monoisotopic (exact) mass is 260 g/mol. The molecule has 2 nitrogen and oxygen atoms in total. The van der Waals surface area contributed by atoms with Crippen LogP contribution in [0.3, 0.4) is 0 Å². The van der Waals surface area contributed by atoms with Crippen LogP contribution in [-0.2, 0) is 4.74 Å². The third kappa shape index (κ3) is 1.43. The maximum Gasteiger partial charge on any atom is 0.118 e. The van der Waals surface area contributed by atoms with Gasteiger partial charge in [-0.25, -0.2) is 4.39 Å². The fourth-order valence-electron chi connectivity index (χ4n) is 1.04. The minimum Gasteiger partial charge on any atom is -0.389 e. The lowest BCUT2D eigenvalue weighted by Gasteiger charge is -2.09. The Morgan fingerprint density at radius 3 is 2.50 bits per heavy atom. The van der Waals surface area contributed by atoms with Crippen LogP contribution in [0.5, 0.6) is 0 Å². The zero-order chi connectivity index (χ0) is 7.72. The summed E-state index contributed by atoms with van der Waals surface area (Å²) in [5.74, 6) is 0. The van der Waals surface area contributed by atoms with Gasteiger partial charge in [-0.1, -0.05) is 22.6 Å². The lowest BCUT2D eigenvalue weighted by molar-refractivity contribution is 0.00206. The molecule has 1 fully saturated rings. The van der Waals surface area contributed by atoms with Gasteiger partial charge in [-0.3, -0.25) is 0 Å². The molecule has 0 bridgehead atoms. The first-order chi connectivity index (χ1) is 4.66. The van der Waals surface area contributed by atoms with Gasteiger partial charge in [-0.05, 0) is 6.92 Å². The Kier molecular flexibility index (Phi) is 2.88. The van der Waals surface area contributed by atoms with Gasteiger partial charge < -0.3 is 9.84 Å². The van der Waals surface area contributed by atoms with E-state index in [-0.39, 0.29) is 10.0 Å². The maximum atomic E-state index is 12.0. The van der Waals surface area contributed by atoms with Gasteiger partial charge in [0.2, 0.25) is 0 Å². The van der Waals surface area contributed by atoms with Gasteiger partial charge in [-0.15, -0.1) is 0 Å². The summed E-state index contributed by atoms with van der Waals surface area (Å²) >= 11 is 2.08. The van der Waals surface area contributed by atoms with Crippen molar-refractivity contribution >= 4 is 22.6 Å². The van der Waals surface area contributed by atoms with Crippen LogP contribution in [0.4, 0.5) is 4.39 Å². The van der Waals surface area contributed by atoms with Gasteiger partial charge in [0, 0.05) is 0 Å². The van der Waals surface area contributed by atoms with Crippen molar-refractivity contribution in [3.63, 3.8) is 0 Å². The minimum absolute atomic E-state index is 0.0262. The summed E-state index contributed by atoms with van der Waals surface area (Å²) in [4.78, 5) is 0. The van der Waals surface area contributed by atoms with Gasteiger partial charge >= 0.3 is 0 Å². The van der Waals surface area contributed by atoms with Crippen molar-refractivity contribution in [2.24, 2.45) is 0 Å². The molecule has 4 atom stereocenters. The Hall–Kier alpha value is 0.580. The number of aliphatic hydroxyl groups excluding tert-OH is 1. The van der Waals surface area contributed by atoms with E-state index in [0.29, 0.717) is 0 Å². The second kappa shape index (κ2) is 3.32. The molecule has 1 aliphatic heterocycles. The highest BCUT2D eigenvalue weighted by molar-refractivity contribution is 14.1. The largest absolute Gasteiger partial charge is 0.389 e. The number of hydrogen-bond acceptors (Lipinski definition) is 2. The lowest BCUT2D eigenvalue weighted by atomic mass is 10.2. The molecule has 1 heterocycles. The first-order valence-corrected chi connectivity index (χ1v) is 4.45. The van der Waals surface area contributed by atoms with Crippen molar-refractivity contribution in [3.05, 3.63) is 0 Å². The predicted octanol–water partition coefficient (Wildman–Crippen LogP) is 0.908. The van der Waals surface area contributed by atoms with E-state index in [1.54, 1.807) is 0 Å². The molecule has 1 N–H and O–H groups in total. The molecule has 0 aromatic heterocycles. The van der Waals surface area contributed by atoms with Crippen LogP contribution in [-0.4, -0.2) is 34.0 Å². The zero-order valence-electron chi connectivity index (χ0n) is 5.63. The lowest BCUT2D eigenvalue weighted by Crippen LogP contribution is -2.28. The van der Waals surface area contributed by atoms with Crippen LogP contribution >= 0.6 is 22.6 Å². The van der Waals surface area contributed by atoms with E-state index in [1.807, 2.05) is 6.92 Å². The van der Waals surface area contributed by atoms with Crippen molar-refractivity contribution in [2.75, 3.05) is 6.67 Å². The molecule has 0 aromatic carbocycles. The SMILES string of the molecule is C[C@@H]1OC(CF)[C@@H](O)[C@@H]1I. The number of halogens is 2. The molecular formula is C6H10FIO2. The molecule has 0 spiro atoms. The van der Waals surface area contributed by atoms with E-state index in [4.69, 9.17) is 4.74 Å². The molecule has 1 aliphatic rings. The van der Waals surface area contributed by atoms with E-state index < -0.39 is 18.9 Å². The quantitative estimate of drug-likeness (QED) is 0.561. The highest BCUT2D eigenvalue weighted by Gasteiger charge is 2.39. The van der Waals surface area contributed by atoms with E-state index in [9.17, 15) is 9.50 Å². The normalized spacial score (nSPS) is 48.0. The van der Waals surface area contributed by atoms with Crippen LogP contribution in [0.1, 0.15) is 6.92 Å². The predicted molar refractivity (Wildman–Crippen MR) is 44.1 cm³/mol. The minimum atomic E-state index is -0.638. The van der Waals surface area contributed by atoms with Gasteiger partial charge in [0.15, 0.2) is 0 Å². The standard InChI is InChI=1S/C6H10FIO2/c1-3-5(8)6(9)4(2-7)10-3/h3-6,9H,2H2,1H3/t3-,4?,5+,6+/m0/s1. The molecule has 1 rings (SSSR count). The molecule has 0 amide bonds. The first-order valence-electron chi connectivity index (χ1n) is 3.20. The van der Waals surface area contributed by atoms with E-state index in [0.717, 1.165) is 0 Å². The maximum absolute atomic E-state index is 12.0. The topological polar surface area (TPSA) is 29.5 Å². The smallest absolute Gasteiger partial charge is 0.118 e. The number of alkyl halides is 2.